The number of aromatic hydroxyl groups is 1. The minimum absolute atomic E-state index is 0.0755. The summed E-state index contributed by atoms with van der Waals surface area (Å²) in [5.74, 6) is -2.47. The van der Waals surface area contributed by atoms with Gasteiger partial charge in [-0.1, -0.05) is 24.3 Å². The van der Waals surface area contributed by atoms with Crippen molar-refractivity contribution in [1.29, 1.82) is 0 Å². The Morgan fingerprint density at radius 1 is 1.05 bits per heavy atom. The topological polar surface area (TPSA) is 75.0 Å². The molecule has 1 N–H and O–H groups in total. The molecule has 6 rings (SSSR count). The zero-order valence-corrected chi connectivity index (χ0v) is 20.5. The van der Waals surface area contributed by atoms with Gasteiger partial charge in [-0.3, -0.25) is 19.3 Å². The van der Waals surface area contributed by atoms with E-state index in [0.717, 1.165) is 16.5 Å². The molecule has 2 aromatic carbocycles. The van der Waals surface area contributed by atoms with Crippen molar-refractivity contribution < 1.29 is 23.4 Å². The number of thioether (sulfide) groups is 1. The number of hydrogen-bond acceptors (Lipinski definition) is 6. The van der Waals surface area contributed by atoms with E-state index in [4.69, 9.17) is 4.74 Å². The van der Waals surface area contributed by atoms with Crippen LogP contribution in [0.3, 0.4) is 0 Å². The van der Waals surface area contributed by atoms with Gasteiger partial charge < -0.3 is 14.7 Å². The van der Waals surface area contributed by atoms with Crippen molar-refractivity contribution in [3.63, 3.8) is 0 Å². The largest absolute Gasteiger partial charge is 0.502 e. The number of pyridine rings is 1. The number of ether oxygens (including phenoxy) is 1. The molecule has 0 saturated heterocycles. The lowest BCUT2D eigenvalue weighted by atomic mass is 10.1. The van der Waals surface area contributed by atoms with Gasteiger partial charge in [0.25, 0.3) is 5.91 Å². The van der Waals surface area contributed by atoms with Gasteiger partial charge in [-0.05, 0) is 36.6 Å². The summed E-state index contributed by atoms with van der Waals surface area (Å²) in [6, 6.07) is 11.4. The average Bonchev–Trinajstić information content (AvgIpc) is 3.67. The summed E-state index contributed by atoms with van der Waals surface area (Å²) < 4.78 is 36.1. The third kappa shape index (κ3) is 4.15. The van der Waals surface area contributed by atoms with Gasteiger partial charge in [0, 0.05) is 34.5 Å². The molecular formula is C27H23F2N3O4S. The Bertz CT molecular complexity index is 1500. The minimum Gasteiger partial charge on any atom is -0.502 e. The maximum atomic E-state index is 14.6. The van der Waals surface area contributed by atoms with Crippen LogP contribution < -0.4 is 15.2 Å². The van der Waals surface area contributed by atoms with E-state index in [1.807, 2.05) is 35.4 Å². The average molecular weight is 524 g/mol. The minimum atomic E-state index is -0.965. The fourth-order valence-electron chi connectivity index (χ4n) is 4.85. The fraction of sp³-hybridized carbons (Fsp3) is 0.259. The zero-order chi connectivity index (χ0) is 25.7. The van der Waals surface area contributed by atoms with Crippen LogP contribution in [0.5, 0.6) is 11.5 Å². The van der Waals surface area contributed by atoms with Gasteiger partial charge in [0.05, 0.1) is 12.1 Å². The van der Waals surface area contributed by atoms with E-state index < -0.39 is 34.3 Å². The molecule has 10 heteroatoms. The molecule has 1 aromatic heterocycles. The van der Waals surface area contributed by atoms with Crippen molar-refractivity contribution in [2.45, 2.75) is 35.6 Å². The Morgan fingerprint density at radius 2 is 1.86 bits per heavy atom. The Labute approximate surface area is 215 Å². The van der Waals surface area contributed by atoms with Gasteiger partial charge in [-0.2, -0.15) is 0 Å². The lowest BCUT2D eigenvalue weighted by Gasteiger charge is -2.43. The quantitative estimate of drug-likeness (QED) is 0.446. The molecule has 3 aliphatic rings. The van der Waals surface area contributed by atoms with E-state index in [9.17, 15) is 23.5 Å². The first-order chi connectivity index (χ1) is 17.9. The molecule has 3 heterocycles. The number of aromatic nitrogens is 1. The highest BCUT2D eigenvalue weighted by atomic mass is 32.2. The summed E-state index contributed by atoms with van der Waals surface area (Å²) in [6.45, 7) is 0.689. The summed E-state index contributed by atoms with van der Waals surface area (Å²) in [5, 5.41) is 12.5. The van der Waals surface area contributed by atoms with E-state index in [-0.39, 0.29) is 36.0 Å². The number of amides is 1. The smallest absolute Gasteiger partial charge is 0.278 e. The Hall–Kier alpha value is -3.79. The number of carbonyl (C=O) groups is 1. The van der Waals surface area contributed by atoms with Crippen molar-refractivity contribution in [2.24, 2.45) is 0 Å². The summed E-state index contributed by atoms with van der Waals surface area (Å²) in [4.78, 5) is 28.3. The highest BCUT2D eigenvalue weighted by Crippen LogP contribution is 2.45. The number of fused-ring (bicyclic) bond motifs is 8. The number of hydrogen-bond donors (Lipinski definition) is 1. The maximum absolute atomic E-state index is 14.6. The molecule has 1 aliphatic carbocycles. The molecule has 37 heavy (non-hydrogen) atoms. The normalized spacial score (nSPS) is 19.1. The predicted octanol–water partition coefficient (Wildman–Crippen LogP) is 4.16. The van der Waals surface area contributed by atoms with E-state index in [1.54, 1.807) is 11.0 Å². The Kier molecular flexibility index (Phi) is 5.71. The Balaban J connectivity index is 1.47. The number of rotatable bonds is 0. The highest BCUT2D eigenvalue weighted by molar-refractivity contribution is 7.98. The van der Waals surface area contributed by atoms with Gasteiger partial charge >= 0.3 is 0 Å². The molecular weight excluding hydrogens is 500 g/mol. The van der Waals surface area contributed by atoms with Crippen LogP contribution in [0.4, 0.5) is 8.78 Å². The molecule has 1 fully saturated rings. The molecule has 0 radical (unpaired) electrons. The van der Waals surface area contributed by atoms with E-state index in [1.165, 1.54) is 34.8 Å². The van der Waals surface area contributed by atoms with Gasteiger partial charge in [0.15, 0.2) is 23.1 Å². The first-order valence-electron chi connectivity index (χ1n) is 11.9. The summed E-state index contributed by atoms with van der Waals surface area (Å²) in [6.07, 6.45) is 6.56. The van der Waals surface area contributed by atoms with Crippen molar-refractivity contribution in [3.05, 3.63) is 99.5 Å². The van der Waals surface area contributed by atoms with Crippen LogP contribution >= 0.6 is 11.8 Å². The third-order valence-electron chi connectivity index (χ3n) is 6.97. The maximum Gasteiger partial charge on any atom is 0.278 e. The van der Waals surface area contributed by atoms with Crippen LogP contribution in [-0.2, 0) is 12.3 Å². The van der Waals surface area contributed by atoms with Crippen LogP contribution in [0.1, 0.15) is 34.5 Å². The summed E-state index contributed by atoms with van der Waals surface area (Å²) in [5.41, 5.74) is -0.192. The SMILES string of the molecule is O=C1c2c(O)c(=O)ccn2N2Cc3ccccc3SCc3cc(cc(F)c3F)OC/C=C/C3(CC3)N1C2. The number of nitrogens with zero attached hydrogens (tertiary/aromatic N) is 3. The second kappa shape index (κ2) is 8.95. The van der Waals surface area contributed by atoms with Gasteiger partial charge in [-0.15, -0.1) is 11.8 Å². The van der Waals surface area contributed by atoms with Crippen LogP contribution in [0.2, 0.25) is 0 Å². The molecule has 4 bridgehead atoms. The van der Waals surface area contributed by atoms with E-state index >= 15 is 0 Å². The first-order valence-corrected chi connectivity index (χ1v) is 12.9. The van der Waals surface area contributed by atoms with Crippen molar-refractivity contribution in [2.75, 3.05) is 18.3 Å². The molecule has 2 aliphatic heterocycles. The lowest BCUT2D eigenvalue weighted by Crippen LogP contribution is -2.57. The molecule has 190 valence electrons. The molecule has 7 nitrogen and oxygen atoms in total. The van der Waals surface area contributed by atoms with Gasteiger partial charge in [0.2, 0.25) is 5.43 Å². The summed E-state index contributed by atoms with van der Waals surface area (Å²) in [7, 11) is 0. The zero-order valence-electron chi connectivity index (χ0n) is 19.7. The predicted molar refractivity (Wildman–Crippen MR) is 134 cm³/mol. The fourth-order valence-corrected chi connectivity index (χ4v) is 5.86. The van der Waals surface area contributed by atoms with Crippen LogP contribution in [0.25, 0.3) is 0 Å². The van der Waals surface area contributed by atoms with Gasteiger partial charge in [0.1, 0.15) is 19.0 Å². The summed E-state index contributed by atoms with van der Waals surface area (Å²) >= 11 is 1.37. The monoisotopic (exact) mass is 523 g/mol. The Morgan fingerprint density at radius 3 is 2.68 bits per heavy atom. The molecule has 1 spiro atoms. The van der Waals surface area contributed by atoms with Gasteiger partial charge in [-0.25, -0.2) is 8.78 Å². The molecule has 0 unspecified atom stereocenters. The van der Waals surface area contributed by atoms with Crippen LogP contribution in [0, 0.1) is 11.6 Å². The molecule has 1 amide bonds. The third-order valence-corrected chi connectivity index (χ3v) is 8.14. The van der Waals surface area contributed by atoms with E-state index in [0.29, 0.717) is 19.4 Å². The number of carbonyl (C=O) groups excluding carboxylic acids is 1. The number of halogens is 2. The lowest BCUT2D eigenvalue weighted by molar-refractivity contribution is 0.0611. The van der Waals surface area contributed by atoms with Crippen molar-refractivity contribution in [1.82, 2.24) is 9.58 Å². The molecule has 0 atom stereocenters. The number of benzene rings is 2. The molecule has 1 saturated carbocycles. The standard InChI is InChI=1S/C27H23F2N3O4S/c28-20-13-19-12-18(23(20)29)15-37-22-5-2-1-4-17(22)14-30-16-31(27(8-9-27)7-3-11-36-19)26(35)24-25(34)21(33)6-10-32(24)30/h1-7,10,12-13,34H,8-9,11,14-16H2/b7-3+. The van der Waals surface area contributed by atoms with E-state index in [2.05, 4.69) is 0 Å². The first kappa shape index (κ1) is 23.6. The second-order valence-corrected chi connectivity index (χ2v) is 10.4. The molecule has 3 aromatic rings. The van der Waals surface area contributed by atoms with Crippen LogP contribution in [-0.4, -0.2) is 39.4 Å². The highest BCUT2D eigenvalue weighted by Gasteiger charge is 2.51. The van der Waals surface area contributed by atoms with Crippen LogP contribution in [0.15, 0.2) is 70.5 Å². The van der Waals surface area contributed by atoms with Crippen molar-refractivity contribution >= 4 is 17.7 Å². The second-order valence-electron chi connectivity index (χ2n) is 9.35. The van der Waals surface area contributed by atoms with Crippen molar-refractivity contribution in [3.8, 4) is 11.5 Å².